The minimum atomic E-state index is -5.37. The first-order valence-corrected chi connectivity index (χ1v) is 28.5. The van der Waals surface area contributed by atoms with E-state index in [4.69, 9.17) is 57.6 Å². The molecule has 6 aromatic heterocycles. The molecular weight excluding hydrogens is 1140 g/mol. The van der Waals surface area contributed by atoms with Crippen molar-refractivity contribution in [3.05, 3.63) is 94.5 Å². The number of nitrogens with one attached hydrogen (secondary N) is 3. The van der Waals surface area contributed by atoms with Crippen LogP contribution in [0.5, 0.6) is 0 Å². The molecule has 4 fully saturated rings. The van der Waals surface area contributed by atoms with E-state index in [0.717, 1.165) is 21.7 Å². The Bertz CT molecular complexity index is 3770. The second-order valence-corrected chi connectivity index (χ2v) is 23.0. The van der Waals surface area contributed by atoms with Crippen molar-refractivity contribution in [2.45, 2.75) is 113 Å². The second-order valence-electron chi connectivity index (χ2n) is 18.7. The first kappa shape index (κ1) is 57.2. The van der Waals surface area contributed by atoms with Crippen molar-refractivity contribution in [3.63, 3.8) is 0 Å². The van der Waals surface area contributed by atoms with Crippen LogP contribution in [0.4, 0.5) is 11.8 Å². The Morgan fingerprint density at radius 1 is 0.588 bits per heavy atom. The van der Waals surface area contributed by atoms with Gasteiger partial charge in [-0.15, -0.1) is 0 Å². The largest absolute Gasteiger partial charge is 0.472 e. The third kappa shape index (κ3) is 12.1. The van der Waals surface area contributed by atoms with E-state index in [2.05, 4.69) is 39.9 Å². The molecule has 0 aliphatic carbocycles. The van der Waals surface area contributed by atoms with E-state index in [1.165, 1.54) is 41.8 Å². The zero-order chi connectivity index (χ0) is 57.2. The molecule has 15 atom stereocenters. The van der Waals surface area contributed by atoms with Crippen LogP contribution in [0, 0.1) is 13.8 Å². The number of imidazole rings is 2. The van der Waals surface area contributed by atoms with Crippen molar-refractivity contribution in [2.24, 2.45) is 0 Å². The lowest BCUT2D eigenvalue weighted by molar-refractivity contribution is -0.0630. The molecule has 4 aliphatic rings. The number of aliphatic hydroxyl groups excluding tert-OH is 2. The summed E-state index contributed by atoms with van der Waals surface area (Å²) in [7, 11) is -15.8. The van der Waals surface area contributed by atoms with Gasteiger partial charge in [0.05, 0.1) is 45.2 Å². The maximum atomic E-state index is 14.0. The van der Waals surface area contributed by atoms with Gasteiger partial charge in [-0.2, -0.15) is 4.98 Å². The van der Waals surface area contributed by atoms with E-state index in [9.17, 15) is 62.6 Å². The molecule has 10 rings (SSSR count). The fraction of sp³-hybridized carbons (Fsp3) is 0.550. The summed E-state index contributed by atoms with van der Waals surface area (Å²) in [5.74, 6) is -0.222. The molecule has 0 radical (unpaired) electrons. The van der Waals surface area contributed by atoms with Crippen molar-refractivity contribution in [1.29, 1.82) is 0 Å². The van der Waals surface area contributed by atoms with Crippen molar-refractivity contribution in [1.82, 2.24) is 58.1 Å². The number of ether oxygens (including phenoxy) is 4. The summed E-state index contributed by atoms with van der Waals surface area (Å²) in [6.07, 6.45) is -11.3. The highest BCUT2D eigenvalue weighted by Gasteiger charge is 2.48. The van der Waals surface area contributed by atoms with Gasteiger partial charge in [-0.1, -0.05) is 0 Å². The molecule has 80 heavy (non-hydrogen) atoms. The van der Waals surface area contributed by atoms with Crippen molar-refractivity contribution < 1.29 is 84.7 Å². The number of H-pyrrole nitrogens is 3. The number of anilines is 2. The molecular formula is C40H51N14O23P3. The molecule has 4 aliphatic heterocycles. The van der Waals surface area contributed by atoms with E-state index >= 15 is 0 Å². The first-order chi connectivity index (χ1) is 37.8. The highest BCUT2D eigenvalue weighted by Crippen LogP contribution is 2.54. The monoisotopic (exact) mass is 1190 g/mol. The fourth-order valence-electron chi connectivity index (χ4n) is 9.39. The van der Waals surface area contributed by atoms with Crippen molar-refractivity contribution >= 4 is 57.6 Å². The number of nitrogens with two attached hydrogens (primary N) is 2. The van der Waals surface area contributed by atoms with E-state index < -0.39 is 158 Å². The lowest BCUT2D eigenvalue weighted by Gasteiger charge is -2.25. The second kappa shape index (κ2) is 22.4. The van der Waals surface area contributed by atoms with Crippen molar-refractivity contribution in [3.8, 4) is 0 Å². The molecule has 6 aromatic rings. The van der Waals surface area contributed by atoms with Gasteiger partial charge in [-0.3, -0.25) is 74.7 Å². The zero-order valence-electron chi connectivity index (χ0n) is 41.6. The summed E-state index contributed by atoms with van der Waals surface area (Å²) in [4.78, 5) is 122. The molecule has 434 valence electrons. The number of fused-ring (bicyclic) bond motifs is 2. The number of hydrogen-bond acceptors (Lipinski definition) is 27. The molecule has 12 N–H and O–H groups in total. The number of nitrogen functional groups attached to an aromatic ring is 2. The topological polar surface area (TPSA) is 514 Å². The third-order valence-electron chi connectivity index (χ3n) is 13.3. The number of nitrogens with zero attached hydrogens (tertiary/aromatic N) is 9. The lowest BCUT2D eigenvalue weighted by atomic mass is 10.2. The first-order valence-electron chi connectivity index (χ1n) is 24.0. The minimum absolute atomic E-state index is 0.00495. The standard InChI is InChI=1S/C40H51N14O23P3/c1-16-7-51(39(60)49-35(16)57)27-4-19(22(9-55)71-27)75-79(64,65)69-12-25-21(6-29(74-25)53-14-45-30-32(41)43-13-44-33(30)53)77-80(66,67)70-11-24-20(5-28(73-24)52-8-17(2)36(58)50-40(52)61)76-78(62,63)68-10-23-18(56)3-26(72-23)54-15-46-31-34(54)47-38(42)48-37(31)59/h7-8,13-15,18-29,55-56H,3-6,9-12H2,1-2H3,(H,62,63)(H,64,65)(H,66,67)(H2,41,43,44)(H,49,57,60)(H,50,58,61)(H3,42,47,48,59)/t18-,19-,20-,21-,22+,23+,24+,25+,26+,27+,28+,29+/m0/s1. The summed E-state index contributed by atoms with van der Waals surface area (Å²) in [5, 5.41) is 20.9. The lowest BCUT2D eigenvalue weighted by Crippen LogP contribution is -2.33. The number of aromatic amines is 3. The Morgan fingerprint density at radius 3 is 1.55 bits per heavy atom. The Balaban J connectivity index is 0.830. The number of phosphoric ester groups is 3. The molecule has 37 nitrogen and oxygen atoms in total. The van der Waals surface area contributed by atoms with Gasteiger partial charge >= 0.3 is 34.8 Å². The average Bonchev–Trinajstić information content (AvgIpc) is 4.27. The van der Waals surface area contributed by atoms with Crippen LogP contribution >= 0.6 is 23.5 Å². The van der Waals surface area contributed by atoms with Gasteiger partial charge in [0.25, 0.3) is 16.7 Å². The van der Waals surface area contributed by atoms with E-state index in [1.807, 2.05) is 0 Å². The number of phosphoric acid groups is 3. The third-order valence-corrected chi connectivity index (χ3v) is 16.3. The van der Waals surface area contributed by atoms with Crippen LogP contribution < -0.4 is 39.5 Å². The number of aliphatic hydroxyl groups is 2. The number of aryl methyl sites for hydroxylation is 2. The van der Waals surface area contributed by atoms with Crippen LogP contribution in [0.15, 0.2) is 55.3 Å². The van der Waals surface area contributed by atoms with Gasteiger partial charge in [0.2, 0.25) is 5.95 Å². The molecule has 3 unspecified atom stereocenters. The fourth-order valence-corrected chi connectivity index (χ4v) is 12.3. The Morgan fingerprint density at radius 2 is 1.02 bits per heavy atom. The maximum absolute atomic E-state index is 14.0. The van der Waals surface area contributed by atoms with Crippen LogP contribution in [-0.2, 0) is 59.8 Å². The number of rotatable bonds is 20. The van der Waals surface area contributed by atoms with Crippen LogP contribution in [0.2, 0.25) is 0 Å². The van der Waals surface area contributed by atoms with E-state index in [-0.39, 0.29) is 64.5 Å². The molecule has 0 aromatic carbocycles. The smallest absolute Gasteiger partial charge is 0.394 e. The summed E-state index contributed by atoms with van der Waals surface area (Å²) < 4.78 is 102. The van der Waals surface area contributed by atoms with Gasteiger partial charge in [0.15, 0.2) is 22.6 Å². The zero-order valence-corrected chi connectivity index (χ0v) is 44.3. The quantitative estimate of drug-likeness (QED) is 0.0364. The van der Waals surface area contributed by atoms with Gasteiger partial charge in [0, 0.05) is 49.2 Å². The summed E-state index contributed by atoms with van der Waals surface area (Å²) in [6.45, 7) is -0.551. The summed E-state index contributed by atoms with van der Waals surface area (Å²) >= 11 is 0. The molecule has 4 saturated heterocycles. The number of hydrogen-bond donors (Lipinski definition) is 10. The average molecular weight is 1190 g/mol. The van der Waals surface area contributed by atoms with E-state index in [1.54, 1.807) is 0 Å². The molecule has 0 saturated carbocycles. The normalized spacial score (nSPS) is 29.3. The van der Waals surface area contributed by atoms with Gasteiger partial charge in [-0.05, 0) is 13.8 Å². The predicted molar refractivity (Wildman–Crippen MR) is 264 cm³/mol. The van der Waals surface area contributed by atoms with E-state index in [0.29, 0.717) is 0 Å². The molecule has 40 heteroatoms. The minimum Gasteiger partial charge on any atom is -0.394 e. The van der Waals surface area contributed by atoms with Gasteiger partial charge < -0.3 is 55.3 Å². The molecule has 0 spiro atoms. The van der Waals surface area contributed by atoms with Crippen molar-refractivity contribution in [2.75, 3.05) is 37.9 Å². The van der Waals surface area contributed by atoms with Crippen LogP contribution in [0.25, 0.3) is 22.3 Å². The summed E-state index contributed by atoms with van der Waals surface area (Å²) in [5.41, 5.74) is 8.30. The van der Waals surface area contributed by atoms with Gasteiger partial charge in [0.1, 0.15) is 79.5 Å². The predicted octanol–water partition coefficient (Wildman–Crippen LogP) is -2.15. The Labute approximate surface area is 445 Å². The van der Waals surface area contributed by atoms with Gasteiger partial charge in [-0.25, -0.2) is 43.2 Å². The van der Waals surface area contributed by atoms with Crippen LogP contribution in [0.1, 0.15) is 61.7 Å². The highest BCUT2D eigenvalue weighted by atomic mass is 31.2. The Kier molecular flexibility index (Phi) is 16.0. The molecule has 10 heterocycles. The highest BCUT2D eigenvalue weighted by molar-refractivity contribution is 7.48. The summed E-state index contributed by atoms with van der Waals surface area (Å²) in [6, 6.07) is 0. The number of aromatic nitrogens is 12. The molecule has 0 amide bonds. The van der Waals surface area contributed by atoms with Crippen LogP contribution in [-0.4, -0.2) is 158 Å². The SMILES string of the molecule is Cc1cn([C@H]2C[C@H](OP(=O)(O)OC[C@H]3O[C@@H](n4cnc5c(N)ncnc54)C[C@@H]3OP(=O)(O)OC[C@H]3O[C@@H](n4cc(C)c(=O)[nH]c4=O)C[C@@H]3OP(=O)(O)OC[C@H]3O[C@@H](n4cnc5c(=O)[nH]c(N)nc54)C[C@@H]3O)[C@@H](CO)O2)c(=O)[nH]c1=O. The Hall–Kier alpha value is -6.05. The maximum Gasteiger partial charge on any atom is 0.472 e. The molecule has 0 bridgehead atoms. The van der Waals surface area contributed by atoms with Crippen LogP contribution in [0.3, 0.4) is 0 Å².